The van der Waals surface area contributed by atoms with Gasteiger partial charge in [-0.15, -0.1) is 0 Å². The molecule has 98 valence electrons. The largest absolute Gasteiger partial charge is 0.465 e. The van der Waals surface area contributed by atoms with E-state index in [-0.39, 0.29) is 11.9 Å². The maximum absolute atomic E-state index is 11.8. The van der Waals surface area contributed by atoms with Crippen molar-refractivity contribution in [2.75, 3.05) is 0 Å². The zero-order valence-corrected chi connectivity index (χ0v) is 11.1. The first-order valence-corrected chi connectivity index (χ1v) is 6.24. The van der Waals surface area contributed by atoms with Crippen LogP contribution >= 0.6 is 0 Å². The lowest BCUT2D eigenvalue weighted by molar-refractivity contribution is -0.117. The second-order valence-corrected chi connectivity index (χ2v) is 4.44. The molecule has 2 rings (SSSR count). The fourth-order valence-electron chi connectivity index (χ4n) is 1.96. The second-order valence-electron chi connectivity index (χ2n) is 4.44. The van der Waals surface area contributed by atoms with Crippen molar-refractivity contribution >= 4 is 12.0 Å². The second kappa shape index (κ2) is 6.05. The SMILES string of the molecule is Cc1ccccc1C(C)NC(=O)C=Cc1ccco1. The molecule has 0 aliphatic carbocycles. The smallest absolute Gasteiger partial charge is 0.244 e. The molecule has 0 aliphatic rings. The third-order valence-electron chi connectivity index (χ3n) is 2.96. The molecule has 3 nitrogen and oxygen atoms in total. The number of rotatable bonds is 4. The van der Waals surface area contributed by atoms with Crippen LogP contribution in [-0.4, -0.2) is 5.91 Å². The van der Waals surface area contributed by atoms with E-state index in [0.29, 0.717) is 5.76 Å². The standard InChI is InChI=1S/C16H17NO2/c1-12-6-3-4-8-15(12)13(2)17-16(18)10-9-14-7-5-11-19-14/h3-11,13H,1-2H3,(H,17,18). The summed E-state index contributed by atoms with van der Waals surface area (Å²) in [5.41, 5.74) is 2.30. The first kappa shape index (κ1) is 13.1. The van der Waals surface area contributed by atoms with Crippen LogP contribution in [0.5, 0.6) is 0 Å². The molecule has 0 saturated carbocycles. The molecule has 0 aliphatic heterocycles. The van der Waals surface area contributed by atoms with Crippen LogP contribution in [0.25, 0.3) is 6.08 Å². The van der Waals surface area contributed by atoms with Gasteiger partial charge in [-0.25, -0.2) is 0 Å². The van der Waals surface area contributed by atoms with Gasteiger partial charge in [0, 0.05) is 6.08 Å². The van der Waals surface area contributed by atoms with Crippen LogP contribution in [-0.2, 0) is 4.79 Å². The summed E-state index contributed by atoms with van der Waals surface area (Å²) in [6.45, 7) is 4.01. The Morgan fingerprint density at radius 3 is 2.74 bits per heavy atom. The highest BCUT2D eigenvalue weighted by Crippen LogP contribution is 2.16. The molecule has 0 saturated heterocycles. The highest BCUT2D eigenvalue weighted by atomic mass is 16.3. The normalized spacial score (nSPS) is 12.5. The van der Waals surface area contributed by atoms with Crippen molar-refractivity contribution in [3.05, 3.63) is 65.6 Å². The predicted octanol–water partition coefficient (Wildman–Crippen LogP) is 3.48. The molecule has 1 heterocycles. The van der Waals surface area contributed by atoms with Crippen molar-refractivity contribution in [2.24, 2.45) is 0 Å². The van der Waals surface area contributed by atoms with Crippen molar-refractivity contribution in [1.82, 2.24) is 5.32 Å². The molecule has 1 unspecified atom stereocenters. The molecule has 1 aromatic carbocycles. The summed E-state index contributed by atoms with van der Waals surface area (Å²) in [5.74, 6) is 0.533. The summed E-state index contributed by atoms with van der Waals surface area (Å²) >= 11 is 0. The molecule has 1 atom stereocenters. The van der Waals surface area contributed by atoms with Crippen molar-refractivity contribution < 1.29 is 9.21 Å². The molecule has 0 bridgehead atoms. The predicted molar refractivity (Wildman–Crippen MR) is 75.5 cm³/mol. The molecule has 1 amide bonds. The number of hydrogen-bond donors (Lipinski definition) is 1. The van der Waals surface area contributed by atoms with Crippen molar-refractivity contribution in [3.8, 4) is 0 Å². The van der Waals surface area contributed by atoms with Gasteiger partial charge in [0.2, 0.25) is 5.91 Å². The molecule has 1 aromatic heterocycles. The van der Waals surface area contributed by atoms with Crippen LogP contribution in [0.15, 0.2) is 53.2 Å². The van der Waals surface area contributed by atoms with Crippen LogP contribution in [0.3, 0.4) is 0 Å². The number of nitrogens with one attached hydrogen (secondary N) is 1. The number of benzene rings is 1. The first-order chi connectivity index (χ1) is 9.16. The van der Waals surface area contributed by atoms with Gasteiger partial charge >= 0.3 is 0 Å². The molecule has 3 heteroatoms. The average molecular weight is 255 g/mol. The van der Waals surface area contributed by atoms with E-state index in [4.69, 9.17) is 4.42 Å². The Labute approximate surface area is 112 Å². The molecule has 0 spiro atoms. The van der Waals surface area contributed by atoms with Crippen LogP contribution in [0.1, 0.15) is 29.9 Å². The summed E-state index contributed by atoms with van der Waals surface area (Å²) in [6, 6.07) is 11.6. The van der Waals surface area contributed by atoms with Crippen LogP contribution in [0.2, 0.25) is 0 Å². The maximum Gasteiger partial charge on any atom is 0.244 e. The number of furan rings is 1. The van der Waals surface area contributed by atoms with Gasteiger partial charge in [0.15, 0.2) is 0 Å². The Morgan fingerprint density at radius 1 is 1.26 bits per heavy atom. The van der Waals surface area contributed by atoms with E-state index >= 15 is 0 Å². The Hall–Kier alpha value is -2.29. The molecule has 1 N–H and O–H groups in total. The Balaban J connectivity index is 1.97. The van der Waals surface area contributed by atoms with E-state index in [9.17, 15) is 4.79 Å². The van der Waals surface area contributed by atoms with Gasteiger partial charge in [-0.2, -0.15) is 0 Å². The van der Waals surface area contributed by atoms with E-state index in [0.717, 1.165) is 5.56 Å². The van der Waals surface area contributed by atoms with Crippen LogP contribution in [0.4, 0.5) is 0 Å². The van der Waals surface area contributed by atoms with E-state index < -0.39 is 0 Å². The molecule has 19 heavy (non-hydrogen) atoms. The third kappa shape index (κ3) is 3.58. The minimum Gasteiger partial charge on any atom is -0.465 e. The fourth-order valence-corrected chi connectivity index (χ4v) is 1.96. The zero-order chi connectivity index (χ0) is 13.7. The van der Waals surface area contributed by atoms with E-state index in [1.165, 1.54) is 11.6 Å². The third-order valence-corrected chi connectivity index (χ3v) is 2.96. The van der Waals surface area contributed by atoms with Gasteiger partial charge < -0.3 is 9.73 Å². The fraction of sp³-hybridized carbons (Fsp3) is 0.188. The lowest BCUT2D eigenvalue weighted by Crippen LogP contribution is -2.25. The van der Waals surface area contributed by atoms with Gasteiger partial charge in [0.1, 0.15) is 5.76 Å². The quantitative estimate of drug-likeness (QED) is 0.850. The summed E-state index contributed by atoms with van der Waals surface area (Å²) in [5, 5.41) is 2.93. The maximum atomic E-state index is 11.8. The highest BCUT2D eigenvalue weighted by molar-refractivity contribution is 5.91. The minimum atomic E-state index is -0.132. The lowest BCUT2D eigenvalue weighted by atomic mass is 10.0. The molecule has 0 fully saturated rings. The molecule has 2 aromatic rings. The van der Waals surface area contributed by atoms with Gasteiger partial charge in [0.05, 0.1) is 12.3 Å². The highest BCUT2D eigenvalue weighted by Gasteiger charge is 2.09. The van der Waals surface area contributed by atoms with Gasteiger partial charge in [-0.1, -0.05) is 24.3 Å². The van der Waals surface area contributed by atoms with Gasteiger partial charge in [-0.05, 0) is 43.2 Å². The summed E-state index contributed by atoms with van der Waals surface area (Å²) in [4.78, 5) is 11.8. The Morgan fingerprint density at radius 2 is 2.05 bits per heavy atom. The summed E-state index contributed by atoms with van der Waals surface area (Å²) in [7, 11) is 0. The topological polar surface area (TPSA) is 42.2 Å². The minimum absolute atomic E-state index is 0.0186. The lowest BCUT2D eigenvalue weighted by Gasteiger charge is -2.15. The molecular weight excluding hydrogens is 238 g/mol. The first-order valence-electron chi connectivity index (χ1n) is 6.24. The van der Waals surface area contributed by atoms with E-state index in [1.54, 1.807) is 24.5 Å². The zero-order valence-electron chi connectivity index (χ0n) is 11.1. The average Bonchev–Trinajstić information content (AvgIpc) is 2.90. The Kier molecular flexibility index (Phi) is 4.18. The Bertz CT molecular complexity index is 570. The van der Waals surface area contributed by atoms with Crippen LogP contribution in [0, 0.1) is 6.92 Å². The molecular formula is C16H17NO2. The van der Waals surface area contributed by atoms with E-state index in [2.05, 4.69) is 5.32 Å². The number of hydrogen-bond acceptors (Lipinski definition) is 2. The molecule has 0 radical (unpaired) electrons. The van der Waals surface area contributed by atoms with Crippen molar-refractivity contribution in [1.29, 1.82) is 0 Å². The van der Waals surface area contributed by atoms with Gasteiger partial charge in [-0.3, -0.25) is 4.79 Å². The number of aryl methyl sites for hydroxylation is 1. The monoisotopic (exact) mass is 255 g/mol. The number of amides is 1. The number of carbonyl (C=O) groups excluding carboxylic acids is 1. The number of carbonyl (C=O) groups is 1. The van der Waals surface area contributed by atoms with Crippen LogP contribution < -0.4 is 5.32 Å². The van der Waals surface area contributed by atoms with Gasteiger partial charge in [0.25, 0.3) is 0 Å². The summed E-state index contributed by atoms with van der Waals surface area (Å²) < 4.78 is 5.13. The van der Waals surface area contributed by atoms with Crippen molar-refractivity contribution in [3.63, 3.8) is 0 Å². The van der Waals surface area contributed by atoms with Crippen molar-refractivity contribution in [2.45, 2.75) is 19.9 Å². The van der Waals surface area contributed by atoms with E-state index in [1.807, 2.05) is 38.1 Å². The summed E-state index contributed by atoms with van der Waals surface area (Å²) in [6.07, 6.45) is 4.71.